The van der Waals surface area contributed by atoms with Crippen molar-refractivity contribution in [3.05, 3.63) is 59.1 Å². The Morgan fingerprint density at radius 3 is 2.43 bits per heavy atom. The van der Waals surface area contributed by atoms with E-state index in [0.29, 0.717) is 22.9 Å². The second-order valence-corrected chi connectivity index (χ2v) is 7.46. The van der Waals surface area contributed by atoms with Crippen LogP contribution in [-0.4, -0.2) is 64.7 Å². The number of hydrogen-bond acceptors (Lipinski definition) is 5. The molecule has 3 aromatic rings. The number of nitrogens with one attached hydrogen (secondary N) is 1. The van der Waals surface area contributed by atoms with Gasteiger partial charge in [-0.1, -0.05) is 6.07 Å². The minimum absolute atomic E-state index is 0. The Bertz CT molecular complexity index is 995. The minimum atomic E-state index is -0.218. The Balaban J connectivity index is 0.00000225. The van der Waals surface area contributed by atoms with E-state index < -0.39 is 0 Å². The number of aromatic amines is 1. The molecule has 0 radical (unpaired) electrons. The van der Waals surface area contributed by atoms with Crippen molar-refractivity contribution in [1.82, 2.24) is 19.9 Å². The van der Waals surface area contributed by atoms with Gasteiger partial charge in [0.1, 0.15) is 5.69 Å². The van der Waals surface area contributed by atoms with Gasteiger partial charge in [0.25, 0.3) is 5.56 Å². The maximum atomic E-state index is 12.2. The van der Waals surface area contributed by atoms with Gasteiger partial charge < -0.3 is 38.3 Å². The summed E-state index contributed by atoms with van der Waals surface area (Å²) in [6.07, 6.45) is 3.46. The lowest BCUT2D eigenvalue weighted by Gasteiger charge is -2.40. The molecule has 0 atom stereocenters. The first-order chi connectivity index (χ1) is 13.0. The topological polar surface area (TPSA) is 74.8 Å². The van der Waals surface area contributed by atoms with Crippen molar-refractivity contribution in [2.24, 2.45) is 0 Å². The SMILES string of the molecule is C[N+]1(C)CCN(c2ccnc(-c3cc(=O)[nH]c(-c4ccccn4)n3)c2)CC1.[I-]. The van der Waals surface area contributed by atoms with Crippen LogP contribution in [0.25, 0.3) is 22.9 Å². The molecule has 0 bridgehead atoms. The average molecular weight is 490 g/mol. The summed E-state index contributed by atoms with van der Waals surface area (Å²) in [7, 11) is 4.52. The Kier molecular flexibility index (Phi) is 6.09. The lowest BCUT2D eigenvalue weighted by atomic mass is 10.2. The van der Waals surface area contributed by atoms with E-state index >= 15 is 0 Å². The van der Waals surface area contributed by atoms with Gasteiger partial charge in [0.05, 0.1) is 51.7 Å². The van der Waals surface area contributed by atoms with Gasteiger partial charge in [0.15, 0.2) is 5.82 Å². The van der Waals surface area contributed by atoms with E-state index in [9.17, 15) is 4.79 Å². The molecule has 0 aliphatic carbocycles. The van der Waals surface area contributed by atoms with Crippen LogP contribution in [0, 0.1) is 0 Å². The smallest absolute Gasteiger partial charge is 0.251 e. The predicted molar refractivity (Wildman–Crippen MR) is 105 cm³/mol. The first kappa shape index (κ1) is 20.4. The fourth-order valence-electron chi connectivity index (χ4n) is 3.23. The number of nitrogens with zero attached hydrogens (tertiary/aromatic N) is 5. The molecule has 1 saturated heterocycles. The first-order valence-corrected chi connectivity index (χ1v) is 9.06. The number of pyridine rings is 2. The number of anilines is 1. The number of H-pyrrole nitrogens is 1. The average Bonchev–Trinajstić information content (AvgIpc) is 2.68. The van der Waals surface area contributed by atoms with E-state index in [4.69, 9.17) is 0 Å². The van der Waals surface area contributed by atoms with Crippen molar-refractivity contribution >= 4 is 5.69 Å². The molecule has 1 fully saturated rings. The summed E-state index contributed by atoms with van der Waals surface area (Å²) in [4.78, 5) is 30.6. The number of likely N-dealkylation sites (N-methyl/N-ethyl adjacent to an activating group) is 1. The predicted octanol–water partition coefficient (Wildman–Crippen LogP) is -1.21. The monoisotopic (exact) mass is 490 g/mol. The zero-order valence-electron chi connectivity index (χ0n) is 16.0. The van der Waals surface area contributed by atoms with Gasteiger partial charge in [0.2, 0.25) is 0 Å². The first-order valence-electron chi connectivity index (χ1n) is 9.06. The third-order valence-electron chi connectivity index (χ3n) is 4.97. The molecule has 0 aromatic carbocycles. The van der Waals surface area contributed by atoms with E-state index in [1.165, 1.54) is 6.07 Å². The van der Waals surface area contributed by atoms with E-state index in [2.05, 4.69) is 38.9 Å². The number of piperazine rings is 1. The Labute approximate surface area is 181 Å². The molecular formula is C20H23IN6O. The van der Waals surface area contributed by atoms with Crippen LogP contribution in [0.5, 0.6) is 0 Å². The number of rotatable bonds is 3. The molecule has 0 saturated carbocycles. The highest BCUT2D eigenvalue weighted by Crippen LogP contribution is 2.23. The Morgan fingerprint density at radius 1 is 0.964 bits per heavy atom. The molecule has 3 aromatic heterocycles. The summed E-state index contributed by atoms with van der Waals surface area (Å²) >= 11 is 0. The van der Waals surface area contributed by atoms with E-state index in [1.54, 1.807) is 12.4 Å². The molecule has 0 unspecified atom stereocenters. The number of quaternary nitrogens is 1. The van der Waals surface area contributed by atoms with Gasteiger partial charge in [-0.15, -0.1) is 0 Å². The third kappa shape index (κ3) is 4.56. The van der Waals surface area contributed by atoms with Crippen LogP contribution in [0.3, 0.4) is 0 Å². The molecule has 8 heteroatoms. The van der Waals surface area contributed by atoms with Gasteiger partial charge >= 0.3 is 0 Å². The van der Waals surface area contributed by atoms with Gasteiger partial charge in [-0.2, -0.15) is 0 Å². The quantitative estimate of drug-likeness (QED) is 0.369. The van der Waals surface area contributed by atoms with Gasteiger partial charge in [-0.3, -0.25) is 14.8 Å². The third-order valence-corrected chi connectivity index (χ3v) is 4.97. The molecule has 1 aliphatic rings. The van der Waals surface area contributed by atoms with Crippen LogP contribution in [-0.2, 0) is 0 Å². The second kappa shape index (κ2) is 8.36. The summed E-state index contributed by atoms with van der Waals surface area (Å²) in [6.45, 7) is 4.20. The zero-order chi connectivity index (χ0) is 18.9. The van der Waals surface area contributed by atoms with Crippen LogP contribution in [0.2, 0.25) is 0 Å². The summed E-state index contributed by atoms with van der Waals surface area (Å²) in [5, 5.41) is 0. The van der Waals surface area contributed by atoms with Crippen LogP contribution >= 0.6 is 0 Å². The fourth-order valence-corrected chi connectivity index (χ4v) is 3.23. The molecule has 28 heavy (non-hydrogen) atoms. The van der Waals surface area contributed by atoms with Crippen molar-refractivity contribution in [3.63, 3.8) is 0 Å². The molecule has 4 rings (SSSR count). The van der Waals surface area contributed by atoms with Crippen LogP contribution in [0.4, 0.5) is 5.69 Å². The molecule has 146 valence electrons. The second-order valence-electron chi connectivity index (χ2n) is 7.46. The highest BCUT2D eigenvalue weighted by Gasteiger charge is 2.24. The highest BCUT2D eigenvalue weighted by atomic mass is 127. The summed E-state index contributed by atoms with van der Waals surface area (Å²) in [5.41, 5.74) is 2.76. The molecule has 0 spiro atoms. The molecule has 4 heterocycles. The maximum Gasteiger partial charge on any atom is 0.251 e. The zero-order valence-corrected chi connectivity index (χ0v) is 18.1. The number of aromatic nitrogens is 4. The van der Waals surface area contributed by atoms with Crippen molar-refractivity contribution < 1.29 is 28.5 Å². The number of hydrogen-bond donors (Lipinski definition) is 1. The van der Waals surface area contributed by atoms with Gasteiger partial charge in [-0.25, -0.2) is 4.98 Å². The Hall–Kier alpha value is -2.33. The lowest BCUT2D eigenvalue weighted by Crippen LogP contribution is -3.00. The fraction of sp³-hybridized carbons (Fsp3) is 0.300. The molecule has 1 aliphatic heterocycles. The number of halogens is 1. The van der Waals surface area contributed by atoms with Crippen molar-refractivity contribution in [1.29, 1.82) is 0 Å². The van der Waals surface area contributed by atoms with Crippen molar-refractivity contribution in [2.75, 3.05) is 45.2 Å². The normalized spacial score (nSPS) is 15.7. The summed E-state index contributed by atoms with van der Waals surface area (Å²) in [5.74, 6) is 0.447. The summed E-state index contributed by atoms with van der Waals surface area (Å²) < 4.78 is 1.04. The van der Waals surface area contributed by atoms with E-state index in [1.807, 2.05) is 30.3 Å². The molecule has 0 amide bonds. The maximum absolute atomic E-state index is 12.2. The van der Waals surface area contributed by atoms with Crippen LogP contribution < -0.4 is 34.4 Å². The van der Waals surface area contributed by atoms with Crippen molar-refractivity contribution in [2.45, 2.75) is 0 Å². The lowest BCUT2D eigenvalue weighted by molar-refractivity contribution is -0.890. The van der Waals surface area contributed by atoms with Crippen LogP contribution in [0.15, 0.2) is 53.6 Å². The van der Waals surface area contributed by atoms with E-state index in [-0.39, 0.29) is 29.5 Å². The summed E-state index contributed by atoms with van der Waals surface area (Å²) in [6, 6.07) is 11.0. The molecule has 1 N–H and O–H groups in total. The highest BCUT2D eigenvalue weighted by molar-refractivity contribution is 5.63. The van der Waals surface area contributed by atoms with Gasteiger partial charge in [0, 0.05) is 24.1 Å². The molecular weight excluding hydrogens is 467 g/mol. The Morgan fingerprint density at radius 2 is 1.71 bits per heavy atom. The van der Waals surface area contributed by atoms with E-state index in [0.717, 1.165) is 36.3 Å². The van der Waals surface area contributed by atoms with Crippen molar-refractivity contribution in [3.8, 4) is 22.9 Å². The standard InChI is InChI=1S/C20H22N6O.HI/c1-26(2)11-9-25(10-12-26)15-6-8-22-17(13-15)18-14-19(27)24-20(23-18)16-5-3-4-7-21-16;/h3-8,13-14H,9-12H2,1-2H3;1H. The largest absolute Gasteiger partial charge is 1.00 e. The minimum Gasteiger partial charge on any atom is -1.00 e. The molecule has 7 nitrogen and oxygen atoms in total. The van der Waals surface area contributed by atoms with Gasteiger partial charge in [-0.05, 0) is 24.3 Å². The van der Waals surface area contributed by atoms with Crippen LogP contribution in [0.1, 0.15) is 0 Å².